The number of pyridine rings is 2. The first kappa shape index (κ1) is 49.7. The van der Waals surface area contributed by atoms with Crippen molar-refractivity contribution in [2.24, 2.45) is 0 Å². The van der Waals surface area contributed by atoms with Crippen LogP contribution >= 0.6 is 31.9 Å². The van der Waals surface area contributed by atoms with Gasteiger partial charge < -0.3 is 19.4 Å². The van der Waals surface area contributed by atoms with E-state index >= 15 is 0 Å². The molecule has 0 spiro atoms. The van der Waals surface area contributed by atoms with Crippen molar-refractivity contribution in [1.82, 2.24) is 29.5 Å². The quantitative estimate of drug-likeness (QED) is 0.0733. The lowest BCUT2D eigenvalue weighted by Gasteiger charge is -2.22. The fourth-order valence-electron chi connectivity index (χ4n) is 7.58. The van der Waals surface area contributed by atoms with E-state index in [1.165, 1.54) is 0 Å². The van der Waals surface area contributed by atoms with Crippen molar-refractivity contribution in [3.63, 3.8) is 0 Å². The van der Waals surface area contributed by atoms with Gasteiger partial charge in [-0.25, -0.2) is 0 Å². The standard InChI is InChI=1S/C25H30BrN3O3.C25H28BrN3O3/c2*1-5-29-21(16-22(31)32-25(2,3)4)23(24(28-29)20-8-6-7-14-27-20)19(13-15-30)17-9-11-18(26)12-10-17/h6-12,14,19,30H,5,13,15-16H2,1-4H3;6-12,14-15,19H,5,13,16H2,1-4H3. The van der Waals surface area contributed by atoms with Crippen LogP contribution in [-0.2, 0) is 49.8 Å². The first-order chi connectivity index (χ1) is 30.5. The summed E-state index contributed by atoms with van der Waals surface area (Å²) in [7, 11) is 0. The minimum absolute atomic E-state index is 0.00553. The van der Waals surface area contributed by atoms with Gasteiger partial charge in [-0.05, 0) is 121 Å². The van der Waals surface area contributed by atoms with Crippen LogP contribution in [0.1, 0.15) is 114 Å². The van der Waals surface area contributed by atoms with E-state index < -0.39 is 11.2 Å². The maximum Gasteiger partial charge on any atom is 0.312 e. The molecule has 0 aliphatic carbocycles. The van der Waals surface area contributed by atoms with Gasteiger partial charge in [0.25, 0.3) is 0 Å². The zero-order valence-electron chi connectivity index (χ0n) is 37.8. The van der Waals surface area contributed by atoms with E-state index in [0.717, 1.165) is 60.3 Å². The number of nitrogens with zero attached hydrogens (tertiary/aromatic N) is 6. The Hall–Kier alpha value is -5.31. The monoisotopic (exact) mass is 996 g/mol. The number of esters is 2. The summed E-state index contributed by atoms with van der Waals surface area (Å²) in [5.74, 6) is -1.06. The number of aryl methyl sites for hydroxylation is 2. The first-order valence-electron chi connectivity index (χ1n) is 21.5. The summed E-state index contributed by atoms with van der Waals surface area (Å²) in [6.07, 6.45) is 5.28. The molecule has 4 aromatic heterocycles. The van der Waals surface area contributed by atoms with Crippen molar-refractivity contribution in [3.8, 4) is 22.8 Å². The lowest BCUT2D eigenvalue weighted by molar-refractivity contribution is -0.155. The molecule has 0 radical (unpaired) electrons. The molecule has 6 rings (SSSR count). The van der Waals surface area contributed by atoms with Crippen LogP contribution in [0.4, 0.5) is 0 Å². The number of ether oxygens (including phenoxy) is 2. The SMILES string of the molecule is CCn1nc(-c2ccccn2)c(C(CC=O)c2ccc(Br)cc2)c1CC(=O)OC(C)(C)C.CCn1nc(-c2ccccn2)c(C(CCO)c2ccc(Br)cc2)c1CC(=O)OC(C)(C)C. The van der Waals surface area contributed by atoms with Gasteiger partial charge >= 0.3 is 11.9 Å². The van der Waals surface area contributed by atoms with Crippen molar-refractivity contribution in [2.45, 2.75) is 117 Å². The molecule has 0 bridgehead atoms. The Morgan fingerprint density at radius 1 is 0.656 bits per heavy atom. The molecule has 0 aliphatic rings. The van der Waals surface area contributed by atoms with Crippen molar-refractivity contribution >= 4 is 50.1 Å². The van der Waals surface area contributed by atoms with E-state index in [1.807, 2.05) is 150 Å². The Labute approximate surface area is 393 Å². The number of rotatable bonds is 16. The number of hydrogen-bond acceptors (Lipinski definition) is 10. The summed E-state index contributed by atoms with van der Waals surface area (Å²) < 4.78 is 16.8. The van der Waals surface area contributed by atoms with E-state index in [1.54, 1.807) is 12.4 Å². The van der Waals surface area contributed by atoms with Crippen LogP contribution in [0.3, 0.4) is 0 Å². The van der Waals surface area contributed by atoms with Crippen LogP contribution in [0.2, 0.25) is 0 Å². The summed E-state index contributed by atoms with van der Waals surface area (Å²) in [6.45, 7) is 16.3. The van der Waals surface area contributed by atoms with Crippen LogP contribution in [0.5, 0.6) is 0 Å². The number of carbonyl (C=O) groups is 3. The molecule has 0 fully saturated rings. The molecular formula is C50H58Br2N6O6. The summed E-state index contributed by atoms with van der Waals surface area (Å²) in [5, 5.41) is 19.6. The third kappa shape index (κ3) is 13.4. The highest BCUT2D eigenvalue weighted by Crippen LogP contribution is 2.39. The van der Waals surface area contributed by atoms with Crippen LogP contribution < -0.4 is 0 Å². The van der Waals surface area contributed by atoms with Gasteiger partial charge in [0.05, 0.1) is 35.6 Å². The third-order valence-electron chi connectivity index (χ3n) is 10.1. The number of halogens is 2. The molecule has 338 valence electrons. The normalized spacial score (nSPS) is 12.5. The number of aliphatic hydroxyl groups excluding tert-OH is 1. The van der Waals surface area contributed by atoms with Gasteiger partial charge in [-0.2, -0.15) is 10.2 Å². The fraction of sp³-hybridized carbons (Fsp3) is 0.380. The van der Waals surface area contributed by atoms with Crippen molar-refractivity contribution in [2.75, 3.05) is 6.61 Å². The molecule has 14 heteroatoms. The molecule has 6 aromatic rings. The lowest BCUT2D eigenvalue weighted by Crippen LogP contribution is -2.26. The second kappa shape index (κ2) is 22.5. The van der Waals surface area contributed by atoms with E-state index in [4.69, 9.17) is 19.7 Å². The van der Waals surface area contributed by atoms with Gasteiger partial charge in [-0.3, -0.25) is 28.9 Å². The molecule has 0 aliphatic heterocycles. The van der Waals surface area contributed by atoms with Crippen LogP contribution in [0, 0.1) is 0 Å². The Morgan fingerprint density at radius 3 is 1.41 bits per heavy atom. The highest BCUT2D eigenvalue weighted by molar-refractivity contribution is 9.10. The third-order valence-corrected chi connectivity index (χ3v) is 11.1. The molecule has 0 saturated carbocycles. The van der Waals surface area contributed by atoms with Gasteiger partial charge in [0, 0.05) is 70.4 Å². The van der Waals surface area contributed by atoms with Gasteiger partial charge in [0.2, 0.25) is 0 Å². The molecule has 1 N–H and O–H groups in total. The highest BCUT2D eigenvalue weighted by Gasteiger charge is 2.32. The van der Waals surface area contributed by atoms with E-state index in [-0.39, 0.29) is 49.6 Å². The largest absolute Gasteiger partial charge is 0.460 e. The average Bonchev–Trinajstić information content (AvgIpc) is 3.79. The number of carbonyl (C=O) groups excluding carboxylic acids is 3. The maximum atomic E-state index is 12.8. The lowest BCUT2D eigenvalue weighted by atomic mass is 9.85. The summed E-state index contributed by atoms with van der Waals surface area (Å²) >= 11 is 6.97. The molecule has 2 atom stereocenters. The number of aromatic nitrogens is 6. The molecular weight excluding hydrogens is 940 g/mol. The molecule has 0 saturated heterocycles. The molecule has 0 amide bonds. The van der Waals surface area contributed by atoms with Crippen LogP contribution in [-0.4, -0.2) is 70.7 Å². The van der Waals surface area contributed by atoms with E-state index in [2.05, 4.69) is 41.8 Å². The fourth-order valence-corrected chi connectivity index (χ4v) is 8.10. The number of benzene rings is 2. The van der Waals surface area contributed by atoms with E-state index in [9.17, 15) is 19.5 Å². The van der Waals surface area contributed by atoms with Crippen molar-refractivity contribution in [1.29, 1.82) is 0 Å². The zero-order valence-corrected chi connectivity index (χ0v) is 41.0. The van der Waals surface area contributed by atoms with Gasteiger partial charge in [-0.1, -0.05) is 68.3 Å². The molecule has 64 heavy (non-hydrogen) atoms. The molecule has 2 aromatic carbocycles. The highest BCUT2D eigenvalue weighted by atomic mass is 79.9. The summed E-state index contributed by atoms with van der Waals surface area (Å²) in [5.41, 5.74) is 6.99. The van der Waals surface area contributed by atoms with Gasteiger partial charge in [-0.15, -0.1) is 0 Å². The van der Waals surface area contributed by atoms with Crippen LogP contribution in [0.15, 0.2) is 106 Å². The summed E-state index contributed by atoms with van der Waals surface area (Å²) in [4.78, 5) is 46.4. The van der Waals surface area contributed by atoms with Gasteiger partial charge in [0.15, 0.2) is 0 Å². The van der Waals surface area contributed by atoms with Crippen LogP contribution in [0.25, 0.3) is 22.8 Å². The number of aldehydes is 1. The summed E-state index contributed by atoms with van der Waals surface area (Å²) in [6, 6.07) is 27.3. The molecule has 12 nitrogen and oxygen atoms in total. The zero-order chi connectivity index (χ0) is 46.6. The topological polar surface area (TPSA) is 151 Å². The van der Waals surface area contributed by atoms with Gasteiger partial charge in [0.1, 0.15) is 28.9 Å². The maximum absolute atomic E-state index is 12.8. The Balaban J connectivity index is 0.000000241. The Kier molecular flexibility index (Phi) is 17.5. The Morgan fingerprint density at radius 2 is 1.06 bits per heavy atom. The second-order valence-electron chi connectivity index (χ2n) is 17.1. The average molecular weight is 999 g/mol. The Bertz CT molecular complexity index is 2460. The smallest absolute Gasteiger partial charge is 0.312 e. The minimum atomic E-state index is -0.591. The number of aliphatic hydroxyl groups is 1. The predicted molar refractivity (Wildman–Crippen MR) is 256 cm³/mol. The van der Waals surface area contributed by atoms with Crippen molar-refractivity contribution < 1.29 is 29.0 Å². The van der Waals surface area contributed by atoms with Crippen molar-refractivity contribution in [3.05, 3.63) is 140 Å². The molecule has 2 unspecified atom stereocenters. The molecule has 4 heterocycles. The minimum Gasteiger partial charge on any atom is -0.460 e. The predicted octanol–water partition coefficient (Wildman–Crippen LogP) is 10.5. The first-order valence-corrected chi connectivity index (χ1v) is 23.1. The second-order valence-corrected chi connectivity index (χ2v) is 19.0. The van der Waals surface area contributed by atoms with E-state index in [0.29, 0.717) is 30.9 Å². The number of hydrogen-bond donors (Lipinski definition) is 1.